The van der Waals surface area contributed by atoms with Gasteiger partial charge in [-0.2, -0.15) is 0 Å². The van der Waals surface area contributed by atoms with Crippen LogP contribution in [0.15, 0.2) is 29.4 Å². The summed E-state index contributed by atoms with van der Waals surface area (Å²) in [7, 11) is 1.64. The fourth-order valence-electron chi connectivity index (χ4n) is 2.36. The molecule has 7 nitrogen and oxygen atoms in total. The normalized spacial score (nSPS) is 10.6. The van der Waals surface area contributed by atoms with Gasteiger partial charge >= 0.3 is 0 Å². The smallest absolute Gasteiger partial charge is 0.242 e. The molecule has 26 heavy (non-hydrogen) atoms. The molecular weight excluding hydrogens is 350 g/mol. The second kappa shape index (κ2) is 9.38. The van der Waals surface area contributed by atoms with Crippen LogP contribution in [0.1, 0.15) is 19.4 Å². The maximum atomic E-state index is 12.2. The summed E-state index contributed by atoms with van der Waals surface area (Å²) in [5, 5.41) is 7.54. The number of aromatic nitrogens is 3. The number of thioether (sulfide) groups is 1. The monoisotopic (exact) mass is 375 g/mol. The Morgan fingerprint density at radius 3 is 2.38 bits per heavy atom. The van der Waals surface area contributed by atoms with Crippen LogP contribution in [0.5, 0.6) is 0 Å². The lowest BCUT2D eigenvalue weighted by atomic mass is 10.1. The predicted molar refractivity (Wildman–Crippen MR) is 103 cm³/mol. The van der Waals surface area contributed by atoms with E-state index in [4.69, 9.17) is 0 Å². The molecule has 1 heterocycles. The molecule has 0 aliphatic heterocycles. The van der Waals surface area contributed by atoms with Gasteiger partial charge in [-0.1, -0.05) is 41.6 Å². The average Bonchev–Trinajstić information content (AvgIpc) is 3.10. The average molecular weight is 375 g/mol. The number of benzene rings is 1. The molecule has 0 atom stereocenters. The third-order valence-corrected chi connectivity index (χ3v) is 4.86. The Morgan fingerprint density at radius 1 is 1.12 bits per heavy atom. The summed E-state index contributed by atoms with van der Waals surface area (Å²) in [4.78, 5) is 31.9. The van der Waals surface area contributed by atoms with Gasteiger partial charge in [-0.25, -0.2) is 4.98 Å². The quantitative estimate of drug-likeness (QED) is 0.715. The molecule has 0 bridgehead atoms. The molecule has 0 aliphatic rings. The Bertz CT molecular complexity index is 740. The van der Waals surface area contributed by atoms with Gasteiger partial charge in [-0.05, 0) is 20.8 Å². The second-order valence-electron chi connectivity index (χ2n) is 5.94. The molecule has 0 saturated carbocycles. The topological polar surface area (TPSA) is 82.2 Å². The van der Waals surface area contributed by atoms with Crippen LogP contribution in [0.25, 0.3) is 11.4 Å². The lowest BCUT2D eigenvalue weighted by Crippen LogP contribution is -2.41. The number of aromatic amines is 1. The maximum Gasteiger partial charge on any atom is 0.242 e. The summed E-state index contributed by atoms with van der Waals surface area (Å²) >= 11 is 1.25. The number of amides is 2. The molecule has 0 radical (unpaired) electrons. The second-order valence-corrected chi connectivity index (χ2v) is 6.88. The highest BCUT2D eigenvalue weighted by Crippen LogP contribution is 2.19. The molecule has 8 heteroatoms. The standard InChI is InChI=1S/C18H25N5O2S/c1-5-23(6-2)15(24)11-22(4)16(25)12-26-18-19-17(20-21-18)14-9-7-13(3)8-10-14/h7-10H,5-6,11-12H2,1-4H3,(H,19,20,21). The Morgan fingerprint density at radius 2 is 1.77 bits per heavy atom. The number of nitrogens with one attached hydrogen (secondary N) is 1. The Hall–Kier alpha value is -2.35. The van der Waals surface area contributed by atoms with E-state index < -0.39 is 0 Å². The number of rotatable bonds is 8. The third kappa shape index (κ3) is 5.32. The molecule has 0 fully saturated rings. The minimum Gasteiger partial charge on any atom is -0.342 e. The fraction of sp³-hybridized carbons (Fsp3) is 0.444. The van der Waals surface area contributed by atoms with Gasteiger partial charge < -0.3 is 9.80 Å². The van der Waals surface area contributed by atoms with Gasteiger partial charge in [0.15, 0.2) is 5.82 Å². The number of hydrogen-bond acceptors (Lipinski definition) is 5. The van der Waals surface area contributed by atoms with Crippen molar-refractivity contribution >= 4 is 23.6 Å². The van der Waals surface area contributed by atoms with Gasteiger partial charge in [-0.15, -0.1) is 5.10 Å². The van der Waals surface area contributed by atoms with E-state index in [9.17, 15) is 9.59 Å². The van der Waals surface area contributed by atoms with Gasteiger partial charge in [0, 0.05) is 25.7 Å². The molecule has 1 aromatic heterocycles. The van der Waals surface area contributed by atoms with Crippen molar-refractivity contribution < 1.29 is 9.59 Å². The summed E-state index contributed by atoms with van der Waals surface area (Å²) in [5.41, 5.74) is 2.12. The molecule has 140 valence electrons. The first kappa shape index (κ1) is 20.0. The van der Waals surface area contributed by atoms with Crippen LogP contribution in [0.2, 0.25) is 0 Å². The van der Waals surface area contributed by atoms with E-state index in [1.807, 2.05) is 45.0 Å². The number of carbonyl (C=O) groups is 2. The number of hydrogen-bond donors (Lipinski definition) is 1. The minimum absolute atomic E-state index is 0.0459. The zero-order chi connectivity index (χ0) is 19.1. The first-order chi connectivity index (χ1) is 12.4. The van der Waals surface area contributed by atoms with E-state index in [0.717, 1.165) is 5.56 Å². The van der Waals surface area contributed by atoms with Crippen LogP contribution in [0, 0.1) is 6.92 Å². The number of nitrogens with zero attached hydrogens (tertiary/aromatic N) is 4. The van der Waals surface area contributed by atoms with E-state index in [1.54, 1.807) is 11.9 Å². The zero-order valence-corrected chi connectivity index (χ0v) is 16.5. The highest BCUT2D eigenvalue weighted by Gasteiger charge is 2.17. The van der Waals surface area contributed by atoms with Crippen molar-refractivity contribution in [3.8, 4) is 11.4 Å². The fourth-order valence-corrected chi connectivity index (χ4v) is 3.09. The van der Waals surface area contributed by atoms with Gasteiger partial charge in [0.05, 0.1) is 12.3 Å². The zero-order valence-electron chi connectivity index (χ0n) is 15.7. The predicted octanol–water partition coefficient (Wildman–Crippen LogP) is 2.20. The van der Waals surface area contributed by atoms with E-state index in [-0.39, 0.29) is 24.1 Å². The van der Waals surface area contributed by atoms with Crippen LogP contribution >= 0.6 is 11.8 Å². The van der Waals surface area contributed by atoms with Crippen LogP contribution in [-0.2, 0) is 9.59 Å². The Labute approximate surface area is 158 Å². The van der Waals surface area contributed by atoms with Gasteiger partial charge in [-0.3, -0.25) is 14.7 Å². The van der Waals surface area contributed by atoms with Crippen LogP contribution < -0.4 is 0 Å². The SMILES string of the molecule is CCN(CC)C(=O)CN(C)C(=O)CSc1n[nH]c(-c2ccc(C)cc2)n1. The highest BCUT2D eigenvalue weighted by atomic mass is 32.2. The molecule has 2 amide bonds. The van der Waals surface area contributed by atoms with Gasteiger partial charge in [0.1, 0.15) is 0 Å². The number of aryl methyl sites for hydroxylation is 1. The van der Waals surface area contributed by atoms with Crippen LogP contribution in [0.3, 0.4) is 0 Å². The van der Waals surface area contributed by atoms with Crippen LogP contribution in [-0.4, -0.2) is 69.2 Å². The van der Waals surface area contributed by atoms with Crippen molar-refractivity contribution in [1.29, 1.82) is 0 Å². The number of likely N-dealkylation sites (N-methyl/N-ethyl adjacent to an activating group) is 2. The minimum atomic E-state index is -0.128. The molecule has 1 aromatic carbocycles. The maximum absolute atomic E-state index is 12.2. The molecule has 2 aromatic rings. The van der Waals surface area contributed by atoms with E-state index in [2.05, 4.69) is 15.2 Å². The summed E-state index contributed by atoms with van der Waals surface area (Å²) in [5.74, 6) is 0.686. The Balaban J connectivity index is 1.87. The molecule has 2 rings (SSSR count). The number of carbonyl (C=O) groups excluding carboxylic acids is 2. The van der Waals surface area contributed by atoms with Crippen molar-refractivity contribution in [2.24, 2.45) is 0 Å². The van der Waals surface area contributed by atoms with Gasteiger partial charge in [0.25, 0.3) is 0 Å². The lowest BCUT2D eigenvalue weighted by molar-refractivity contribution is -0.137. The first-order valence-corrected chi connectivity index (χ1v) is 9.57. The van der Waals surface area contributed by atoms with E-state index in [1.165, 1.54) is 22.2 Å². The van der Waals surface area contributed by atoms with Crippen molar-refractivity contribution in [2.75, 3.05) is 32.4 Å². The number of H-pyrrole nitrogens is 1. The Kier molecular flexibility index (Phi) is 7.20. The summed E-state index contributed by atoms with van der Waals surface area (Å²) in [6.45, 7) is 7.25. The third-order valence-electron chi connectivity index (χ3n) is 4.03. The van der Waals surface area contributed by atoms with Crippen molar-refractivity contribution in [3.63, 3.8) is 0 Å². The van der Waals surface area contributed by atoms with Crippen LogP contribution in [0.4, 0.5) is 0 Å². The summed E-state index contributed by atoms with van der Waals surface area (Å²) < 4.78 is 0. The van der Waals surface area contributed by atoms with Crippen molar-refractivity contribution in [2.45, 2.75) is 25.9 Å². The highest BCUT2D eigenvalue weighted by molar-refractivity contribution is 7.99. The molecule has 0 spiro atoms. The van der Waals surface area contributed by atoms with E-state index in [0.29, 0.717) is 24.1 Å². The molecule has 0 unspecified atom stereocenters. The van der Waals surface area contributed by atoms with Crippen molar-refractivity contribution in [3.05, 3.63) is 29.8 Å². The van der Waals surface area contributed by atoms with Gasteiger partial charge in [0.2, 0.25) is 17.0 Å². The largest absolute Gasteiger partial charge is 0.342 e. The molecule has 0 saturated heterocycles. The molecule has 0 aliphatic carbocycles. The lowest BCUT2D eigenvalue weighted by Gasteiger charge is -2.23. The first-order valence-electron chi connectivity index (χ1n) is 8.58. The van der Waals surface area contributed by atoms with Crippen molar-refractivity contribution in [1.82, 2.24) is 25.0 Å². The summed E-state index contributed by atoms with van der Waals surface area (Å²) in [6.07, 6.45) is 0. The molecule has 1 N–H and O–H groups in total. The molecular formula is C18H25N5O2S. The summed E-state index contributed by atoms with van der Waals surface area (Å²) in [6, 6.07) is 7.97. The van der Waals surface area contributed by atoms with E-state index >= 15 is 0 Å².